The Kier molecular flexibility index (Phi) is 5.02. The number of aryl methyl sites for hydroxylation is 2. The Labute approximate surface area is 126 Å². The summed E-state index contributed by atoms with van der Waals surface area (Å²) < 4.78 is 25.6. The number of carbonyl (C=O) groups excluding carboxylic acids is 1. The fourth-order valence-electron chi connectivity index (χ4n) is 2.30. The van der Waals surface area contributed by atoms with Gasteiger partial charge in [0.2, 0.25) is 0 Å². The fraction of sp³-hybridized carbons (Fsp3) is 0.235. The van der Waals surface area contributed by atoms with Gasteiger partial charge in [-0.2, -0.15) is 0 Å². The lowest BCUT2D eigenvalue weighted by molar-refractivity contribution is 0.101. The van der Waals surface area contributed by atoms with Crippen molar-refractivity contribution in [3.05, 3.63) is 70.5 Å². The molecule has 110 valence electrons. The summed E-state index contributed by atoms with van der Waals surface area (Å²) in [7, 11) is -1.34. The van der Waals surface area contributed by atoms with Crippen molar-refractivity contribution in [2.24, 2.45) is 0 Å². The van der Waals surface area contributed by atoms with Crippen molar-refractivity contribution in [3.8, 4) is 0 Å². The highest BCUT2D eigenvalue weighted by Gasteiger charge is 2.14. The van der Waals surface area contributed by atoms with Crippen LogP contribution in [0.15, 0.2) is 42.5 Å². The van der Waals surface area contributed by atoms with Crippen molar-refractivity contribution in [1.29, 1.82) is 0 Å². The molecule has 0 spiro atoms. The van der Waals surface area contributed by atoms with Crippen LogP contribution in [-0.4, -0.2) is 15.7 Å². The molecule has 0 bridgehead atoms. The Morgan fingerprint density at radius 2 is 1.71 bits per heavy atom. The highest BCUT2D eigenvalue weighted by Crippen LogP contribution is 2.13. The number of Topliss-reactive ketones (excluding diaryl/α,β-unsaturated/α-hetero) is 1. The largest absolute Gasteiger partial charge is 0.293 e. The van der Waals surface area contributed by atoms with E-state index in [1.807, 2.05) is 32.0 Å². The molecule has 2 nitrogen and oxygen atoms in total. The lowest BCUT2D eigenvalue weighted by Gasteiger charge is -2.06. The molecule has 0 fully saturated rings. The second-order valence-corrected chi connectivity index (χ2v) is 6.58. The zero-order valence-electron chi connectivity index (χ0n) is 12.1. The Balaban J connectivity index is 2.05. The molecule has 0 saturated carbocycles. The molecular formula is C17H17FO2S. The SMILES string of the molecule is Cc1cc(C)cc(CS(=O)CC(=O)c2ccccc2F)c1. The highest BCUT2D eigenvalue weighted by atomic mass is 32.2. The molecule has 0 aliphatic rings. The van der Waals surface area contributed by atoms with Gasteiger partial charge in [-0.15, -0.1) is 0 Å². The molecule has 0 amide bonds. The fourth-order valence-corrected chi connectivity index (χ4v) is 3.39. The van der Waals surface area contributed by atoms with Crippen molar-refractivity contribution in [2.45, 2.75) is 19.6 Å². The van der Waals surface area contributed by atoms with E-state index < -0.39 is 22.4 Å². The molecule has 1 unspecified atom stereocenters. The van der Waals surface area contributed by atoms with Crippen molar-refractivity contribution in [3.63, 3.8) is 0 Å². The minimum absolute atomic E-state index is 0.00581. The van der Waals surface area contributed by atoms with Gasteiger partial charge in [-0.3, -0.25) is 9.00 Å². The minimum atomic E-state index is -1.34. The quantitative estimate of drug-likeness (QED) is 0.791. The summed E-state index contributed by atoms with van der Waals surface area (Å²) >= 11 is 0. The number of ketones is 1. The smallest absolute Gasteiger partial charge is 0.178 e. The zero-order chi connectivity index (χ0) is 15.4. The molecule has 0 aromatic heterocycles. The molecular weight excluding hydrogens is 287 g/mol. The van der Waals surface area contributed by atoms with Crippen LogP contribution in [0.2, 0.25) is 0 Å². The van der Waals surface area contributed by atoms with Crippen molar-refractivity contribution < 1.29 is 13.4 Å². The van der Waals surface area contributed by atoms with Gasteiger partial charge in [-0.05, 0) is 31.5 Å². The van der Waals surface area contributed by atoms with Crippen molar-refractivity contribution in [1.82, 2.24) is 0 Å². The molecule has 0 saturated heterocycles. The topological polar surface area (TPSA) is 34.1 Å². The van der Waals surface area contributed by atoms with Gasteiger partial charge in [0, 0.05) is 16.6 Å². The van der Waals surface area contributed by atoms with Crippen molar-refractivity contribution >= 4 is 16.6 Å². The zero-order valence-corrected chi connectivity index (χ0v) is 12.9. The standard InChI is InChI=1S/C17H17FO2S/c1-12-7-13(2)9-14(8-12)10-21(20)11-17(19)15-5-3-4-6-16(15)18/h3-9H,10-11H2,1-2H3. The first-order valence-electron chi connectivity index (χ1n) is 6.65. The van der Waals surface area contributed by atoms with Crippen LogP contribution < -0.4 is 0 Å². The molecule has 2 aromatic carbocycles. The molecule has 0 N–H and O–H groups in total. The van der Waals surface area contributed by atoms with E-state index in [1.165, 1.54) is 18.2 Å². The van der Waals surface area contributed by atoms with Gasteiger partial charge < -0.3 is 0 Å². The molecule has 4 heteroatoms. The van der Waals surface area contributed by atoms with Crippen LogP contribution in [0.1, 0.15) is 27.0 Å². The average molecular weight is 304 g/mol. The highest BCUT2D eigenvalue weighted by molar-refractivity contribution is 7.85. The maximum atomic E-state index is 13.5. The lowest BCUT2D eigenvalue weighted by Crippen LogP contribution is -2.14. The summed E-state index contributed by atoms with van der Waals surface area (Å²) in [6, 6.07) is 11.7. The van der Waals surface area contributed by atoms with Crippen LogP contribution in [0.5, 0.6) is 0 Å². The van der Waals surface area contributed by atoms with Crippen LogP contribution in [0.25, 0.3) is 0 Å². The number of halogens is 1. The number of rotatable bonds is 5. The molecule has 2 rings (SSSR count). The summed E-state index contributed by atoms with van der Waals surface area (Å²) in [6.07, 6.45) is 0. The van der Waals surface area contributed by atoms with E-state index in [-0.39, 0.29) is 11.3 Å². The average Bonchev–Trinajstić information content (AvgIpc) is 2.37. The number of hydrogen-bond donors (Lipinski definition) is 0. The summed E-state index contributed by atoms with van der Waals surface area (Å²) in [4.78, 5) is 12.0. The predicted octanol–water partition coefficient (Wildman–Crippen LogP) is 3.57. The Morgan fingerprint density at radius 1 is 1.10 bits per heavy atom. The van der Waals surface area contributed by atoms with E-state index in [9.17, 15) is 13.4 Å². The van der Waals surface area contributed by atoms with Crippen LogP contribution in [0.4, 0.5) is 4.39 Å². The maximum absolute atomic E-state index is 13.5. The summed E-state index contributed by atoms with van der Waals surface area (Å²) in [6.45, 7) is 3.95. The molecule has 2 aromatic rings. The van der Waals surface area contributed by atoms with Crippen LogP contribution >= 0.6 is 0 Å². The van der Waals surface area contributed by atoms with Gasteiger partial charge >= 0.3 is 0 Å². The molecule has 21 heavy (non-hydrogen) atoms. The van der Waals surface area contributed by atoms with Gasteiger partial charge in [0.1, 0.15) is 5.82 Å². The van der Waals surface area contributed by atoms with Gasteiger partial charge in [0.05, 0.1) is 11.3 Å². The molecule has 0 heterocycles. The van der Waals surface area contributed by atoms with Gasteiger partial charge in [-0.1, -0.05) is 41.5 Å². The van der Waals surface area contributed by atoms with Crippen LogP contribution in [0.3, 0.4) is 0 Å². The van der Waals surface area contributed by atoms with Crippen LogP contribution in [-0.2, 0) is 16.6 Å². The third-order valence-electron chi connectivity index (χ3n) is 3.08. The Morgan fingerprint density at radius 3 is 2.33 bits per heavy atom. The first kappa shape index (κ1) is 15.6. The van der Waals surface area contributed by atoms with Crippen LogP contribution in [0, 0.1) is 19.7 Å². The molecule has 1 atom stereocenters. The first-order valence-corrected chi connectivity index (χ1v) is 8.14. The van der Waals surface area contributed by atoms with E-state index in [1.54, 1.807) is 6.07 Å². The van der Waals surface area contributed by atoms with E-state index in [4.69, 9.17) is 0 Å². The predicted molar refractivity (Wildman–Crippen MR) is 83.4 cm³/mol. The number of hydrogen-bond acceptors (Lipinski definition) is 2. The molecule has 0 aliphatic heterocycles. The Bertz CT molecular complexity index is 675. The number of carbonyl (C=O) groups is 1. The third-order valence-corrected chi connectivity index (χ3v) is 4.31. The molecule has 0 radical (unpaired) electrons. The molecule has 0 aliphatic carbocycles. The first-order chi connectivity index (χ1) is 9.95. The second kappa shape index (κ2) is 6.76. The van der Waals surface area contributed by atoms with Gasteiger partial charge in [0.15, 0.2) is 5.78 Å². The van der Waals surface area contributed by atoms with E-state index >= 15 is 0 Å². The van der Waals surface area contributed by atoms with Gasteiger partial charge in [0.25, 0.3) is 0 Å². The van der Waals surface area contributed by atoms with Crippen molar-refractivity contribution in [2.75, 3.05) is 5.75 Å². The van der Waals surface area contributed by atoms with E-state index in [2.05, 4.69) is 0 Å². The monoisotopic (exact) mass is 304 g/mol. The second-order valence-electron chi connectivity index (χ2n) is 5.13. The third kappa shape index (κ3) is 4.33. The summed E-state index contributed by atoms with van der Waals surface area (Å²) in [5.41, 5.74) is 3.14. The lowest BCUT2D eigenvalue weighted by atomic mass is 10.1. The summed E-state index contributed by atoms with van der Waals surface area (Å²) in [5, 5.41) is 0. The van der Waals surface area contributed by atoms with E-state index in [0.717, 1.165) is 16.7 Å². The summed E-state index contributed by atoms with van der Waals surface area (Å²) in [5.74, 6) is -0.835. The Hall–Kier alpha value is -1.81. The maximum Gasteiger partial charge on any atom is 0.178 e. The minimum Gasteiger partial charge on any atom is -0.293 e. The number of benzene rings is 2. The van der Waals surface area contributed by atoms with E-state index in [0.29, 0.717) is 5.75 Å². The normalized spacial score (nSPS) is 12.1. The van der Waals surface area contributed by atoms with Gasteiger partial charge in [-0.25, -0.2) is 4.39 Å².